The fourth-order valence-electron chi connectivity index (χ4n) is 2.44. The van der Waals surface area contributed by atoms with E-state index in [0.29, 0.717) is 6.54 Å². The molecule has 0 N–H and O–H groups in total. The highest BCUT2D eigenvalue weighted by Crippen LogP contribution is 2.14. The molecule has 0 saturated heterocycles. The Morgan fingerprint density at radius 2 is 1.29 bits per heavy atom. The van der Waals surface area contributed by atoms with Crippen molar-refractivity contribution in [1.82, 2.24) is 4.31 Å². The number of hydrogen-bond acceptors (Lipinski definition) is 4. The van der Waals surface area contributed by atoms with Gasteiger partial charge in [-0.15, -0.1) is 0 Å². The molecule has 24 heavy (non-hydrogen) atoms. The maximum absolute atomic E-state index is 12.0. The van der Waals surface area contributed by atoms with Crippen LogP contribution >= 0.6 is 0 Å². The molecular formula is C17H37NO4SSi. The number of Topliss-reactive ketones (excluding diaryl/α,β-unsaturated/α-hetero) is 1. The zero-order valence-electron chi connectivity index (χ0n) is 16.3. The molecule has 0 radical (unpaired) electrons. The van der Waals surface area contributed by atoms with Crippen LogP contribution in [0.5, 0.6) is 0 Å². The standard InChI is InChI=1S/C17H37NO4SSi/c1-17(19)15-13-11-9-7-6-8-10-12-14-16-18(2)23(20,21)22-24(3,4)5/h6-16H2,1-5H3. The molecule has 0 fully saturated rings. The summed E-state index contributed by atoms with van der Waals surface area (Å²) >= 11 is 0. The predicted octanol–water partition coefficient (Wildman–Crippen LogP) is 4.50. The van der Waals surface area contributed by atoms with E-state index in [4.69, 9.17) is 3.87 Å². The molecule has 0 aliphatic rings. The maximum atomic E-state index is 12.0. The van der Waals surface area contributed by atoms with Crippen LogP contribution in [0.1, 0.15) is 71.1 Å². The summed E-state index contributed by atoms with van der Waals surface area (Å²) in [4.78, 5) is 10.8. The smallest absolute Gasteiger partial charge is 0.304 e. The van der Waals surface area contributed by atoms with E-state index in [1.807, 2.05) is 19.6 Å². The second-order valence-electron chi connectivity index (χ2n) is 7.61. The SMILES string of the molecule is CC(=O)CCCCCCCCCCCN(C)S(=O)(=O)O[Si](C)(C)C. The van der Waals surface area contributed by atoms with Crippen molar-refractivity contribution < 1.29 is 17.1 Å². The van der Waals surface area contributed by atoms with Crippen LogP contribution in [0.2, 0.25) is 19.6 Å². The van der Waals surface area contributed by atoms with Gasteiger partial charge in [0.2, 0.25) is 8.32 Å². The van der Waals surface area contributed by atoms with E-state index >= 15 is 0 Å². The zero-order valence-corrected chi connectivity index (χ0v) is 18.1. The minimum absolute atomic E-state index is 0.289. The van der Waals surface area contributed by atoms with Crippen LogP contribution < -0.4 is 0 Å². The van der Waals surface area contributed by atoms with Crippen molar-refractivity contribution in [2.75, 3.05) is 13.6 Å². The molecule has 0 aromatic rings. The third-order valence-corrected chi connectivity index (χ3v) is 7.53. The number of carbonyl (C=O) groups excluding carboxylic acids is 1. The first-order valence-electron chi connectivity index (χ1n) is 9.21. The lowest BCUT2D eigenvalue weighted by Crippen LogP contribution is -2.38. The summed E-state index contributed by atoms with van der Waals surface area (Å²) in [6, 6.07) is 0. The van der Waals surface area contributed by atoms with E-state index in [9.17, 15) is 13.2 Å². The Balaban J connectivity index is 3.58. The molecule has 5 nitrogen and oxygen atoms in total. The van der Waals surface area contributed by atoms with E-state index in [1.165, 1.54) is 30.0 Å². The van der Waals surface area contributed by atoms with Gasteiger partial charge in [-0.2, -0.15) is 12.7 Å². The summed E-state index contributed by atoms with van der Waals surface area (Å²) in [5.41, 5.74) is 0. The van der Waals surface area contributed by atoms with Crippen LogP contribution in [0.15, 0.2) is 0 Å². The summed E-state index contributed by atoms with van der Waals surface area (Å²) in [6.45, 7) is 7.80. The highest BCUT2D eigenvalue weighted by atomic mass is 32.2. The molecule has 0 aromatic heterocycles. The first-order chi connectivity index (χ1) is 11.0. The lowest BCUT2D eigenvalue weighted by molar-refractivity contribution is -0.117. The third-order valence-electron chi connectivity index (χ3n) is 3.74. The minimum Gasteiger partial charge on any atom is -0.304 e. The second-order valence-corrected chi connectivity index (χ2v) is 14.0. The molecule has 7 heteroatoms. The fourth-order valence-corrected chi connectivity index (χ4v) is 5.83. The van der Waals surface area contributed by atoms with Crippen molar-refractivity contribution in [2.24, 2.45) is 0 Å². The van der Waals surface area contributed by atoms with Crippen LogP contribution in [-0.2, 0) is 19.0 Å². The number of hydrogen-bond donors (Lipinski definition) is 0. The Labute approximate surface area is 150 Å². The predicted molar refractivity (Wildman–Crippen MR) is 103 cm³/mol. The van der Waals surface area contributed by atoms with Crippen molar-refractivity contribution >= 4 is 24.4 Å². The Kier molecular flexibility index (Phi) is 12.0. The minimum atomic E-state index is -3.56. The summed E-state index contributed by atoms with van der Waals surface area (Å²) in [5.74, 6) is 0.289. The van der Waals surface area contributed by atoms with Gasteiger partial charge < -0.3 is 8.67 Å². The van der Waals surface area contributed by atoms with Crippen LogP contribution in [0.25, 0.3) is 0 Å². The third kappa shape index (κ3) is 14.1. The van der Waals surface area contributed by atoms with Gasteiger partial charge in [-0.05, 0) is 39.4 Å². The highest BCUT2D eigenvalue weighted by Gasteiger charge is 2.27. The molecule has 0 unspecified atom stereocenters. The molecule has 0 heterocycles. The molecule has 0 aromatic carbocycles. The number of carbonyl (C=O) groups is 1. The first-order valence-corrected chi connectivity index (χ1v) is 14.0. The number of unbranched alkanes of at least 4 members (excludes halogenated alkanes) is 8. The van der Waals surface area contributed by atoms with Crippen LogP contribution in [0.4, 0.5) is 0 Å². The molecule has 0 aliphatic carbocycles. The van der Waals surface area contributed by atoms with E-state index < -0.39 is 18.6 Å². The van der Waals surface area contributed by atoms with E-state index in [0.717, 1.165) is 38.5 Å². The Morgan fingerprint density at radius 3 is 1.71 bits per heavy atom. The zero-order chi connectivity index (χ0) is 18.6. The number of rotatable bonds is 15. The summed E-state index contributed by atoms with van der Waals surface area (Å²) < 4.78 is 30.6. The maximum Gasteiger partial charge on any atom is 0.328 e. The average molecular weight is 380 g/mol. The van der Waals surface area contributed by atoms with Gasteiger partial charge in [-0.3, -0.25) is 0 Å². The first kappa shape index (κ1) is 23.8. The van der Waals surface area contributed by atoms with Crippen LogP contribution in [0.3, 0.4) is 0 Å². The molecule has 0 atom stereocenters. The van der Waals surface area contributed by atoms with Crippen molar-refractivity contribution in [3.05, 3.63) is 0 Å². The molecule has 144 valence electrons. The van der Waals surface area contributed by atoms with Crippen molar-refractivity contribution in [3.8, 4) is 0 Å². The molecule has 0 saturated carbocycles. The van der Waals surface area contributed by atoms with Gasteiger partial charge in [0.25, 0.3) is 0 Å². The lowest BCUT2D eigenvalue weighted by Gasteiger charge is -2.22. The highest BCUT2D eigenvalue weighted by molar-refractivity contribution is 7.85. The van der Waals surface area contributed by atoms with Crippen molar-refractivity contribution in [1.29, 1.82) is 0 Å². The molecule has 0 bridgehead atoms. The fraction of sp³-hybridized carbons (Fsp3) is 0.941. The molecule has 0 aliphatic heterocycles. The largest absolute Gasteiger partial charge is 0.328 e. The van der Waals surface area contributed by atoms with Gasteiger partial charge >= 0.3 is 10.3 Å². The van der Waals surface area contributed by atoms with Gasteiger partial charge in [0.1, 0.15) is 5.78 Å². The topological polar surface area (TPSA) is 63.7 Å². The monoisotopic (exact) mass is 379 g/mol. The van der Waals surface area contributed by atoms with E-state index in [1.54, 1.807) is 14.0 Å². The van der Waals surface area contributed by atoms with Crippen molar-refractivity contribution in [2.45, 2.75) is 90.8 Å². The van der Waals surface area contributed by atoms with E-state index in [-0.39, 0.29) is 5.78 Å². The second kappa shape index (κ2) is 12.2. The van der Waals surface area contributed by atoms with Gasteiger partial charge in [0, 0.05) is 20.0 Å². The van der Waals surface area contributed by atoms with Gasteiger partial charge in [0.15, 0.2) is 0 Å². The quantitative estimate of drug-likeness (QED) is 0.310. The lowest BCUT2D eigenvalue weighted by atomic mass is 10.1. The van der Waals surface area contributed by atoms with E-state index in [2.05, 4.69) is 0 Å². The Bertz CT molecular complexity index is 446. The molecule has 0 rings (SSSR count). The Hall–Kier alpha value is -0.243. The van der Waals surface area contributed by atoms with Gasteiger partial charge in [-0.25, -0.2) is 0 Å². The molecular weight excluding hydrogens is 342 g/mol. The van der Waals surface area contributed by atoms with Gasteiger partial charge in [-0.1, -0.05) is 44.9 Å². The van der Waals surface area contributed by atoms with Crippen LogP contribution in [-0.4, -0.2) is 40.4 Å². The normalized spacial score (nSPS) is 12.8. The van der Waals surface area contributed by atoms with Gasteiger partial charge in [0.05, 0.1) is 0 Å². The summed E-state index contributed by atoms with van der Waals surface area (Å²) in [7, 11) is -4.06. The molecule has 0 spiro atoms. The summed E-state index contributed by atoms with van der Waals surface area (Å²) in [6.07, 6.45) is 10.9. The molecule has 0 amide bonds. The number of ketones is 1. The van der Waals surface area contributed by atoms with Crippen LogP contribution in [0, 0.1) is 0 Å². The summed E-state index contributed by atoms with van der Waals surface area (Å²) in [5, 5.41) is 0. The van der Waals surface area contributed by atoms with Crippen molar-refractivity contribution in [3.63, 3.8) is 0 Å². The number of nitrogens with zero attached hydrogens (tertiary/aromatic N) is 1. The Morgan fingerprint density at radius 1 is 0.875 bits per heavy atom. The average Bonchev–Trinajstić information content (AvgIpc) is 2.41.